The van der Waals surface area contributed by atoms with Gasteiger partial charge in [0.15, 0.2) is 5.78 Å². The minimum atomic E-state index is -3.84. The summed E-state index contributed by atoms with van der Waals surface area (Å²) in [6.45, 7) is 0.608. The van der Waals surface area contributed by atoms with Crippen molar-refractivity contribution in [3.8, 4) is 0 Å². The maximum absolute atomic E-state index is 13.2. The van der Waals surface area contributed by atoms with Crippen LogP contribution in [0.3, 0.4) is 0 Å². The van der Waals surface area contributed by atoms with E-state index in [1.165, 1.54) is 46.0 Å². The van der Waals surface area contributed by atoms with Crippen LogP contribution in [0.5, 0.6) is 0 Å². The number of rotatable bonds is 5. The first kappa shape index (κ1) is 19.0. The summed E-state index contributed by atoms with van der Waals surface area (Å²) in [5, 5.41) is 2.33. The summed E-state index contributed by atoms with van der Waals surface area (Å²) in [5.74, 6) is -0.106. The molecule has 1 saturated heterocycles. The van der Waals surface area contributed by atoms with Gasteiger partial charge in [-0.1, -0.05) is 6.07 Å². The van der Waals surface area contributed by atoms with Crippen molar-refractivity contribution in [3.05, 3.63) is 63.1 Å². The Balaban J connectivity index is 1.65. The lowest BCUT2D eigenvalue weighted by atomic mass is 10.1. The fraction of sp³-hybridized carbons (Fsp3) is 0.263. The first-order valence-corrected chi connectivity index (χ1v) is 11.0. The quantitative estimate of drug-likeness (QED) is 0.466. The molecule has 7 nitrogen and oxygen atoms in total. The lowest BCUT2D eigenvalue weighted by molar-refractivity contribution is 0.0294. The highest BCUT2D eigenvalue weighted by Crippen LogP contribution is 2.26. The van der Waals surface area contributed by atoms with Crippen molar-refractivity contribution >= 4 is 38.1 Å². The minimum absolute atomic E-state index is 0.0577. The maximum atomic E-state index is 13.2. The average Bonchev–Trinajstić information content (AvgIpc) is 3.23. The first-order valence-electron chi connectivity index (χ1n) is 8.65. The summed E-state index contributed by atoms with van der Waals surface area (Å²) < 4.78 is 38.3. The Labute approximate surface area is 165 Å². The van der Waals surface area contributed by atoms with E-state index >= 15 is 0 Å². The van der Waals surface area contributed by atoms with Crippen LogP contribution in [0.25, 0.3) is 11.0 Å². The van der Waals surface area contributed by atoms with E-state index in [0.717, 1.165) is 0 Å². The molecule has 2 aromatic heterocycles. The normalized spacial score (nSPS) is 18.4. The molecule has 0 spiro atoms. The van der Waals surface area contributed by atoms with Crippen LogP contribution in [-0.2, 0) is 14.8 Å². The predicted molar refractivity (Wildman–Crippen MR) is 104 cm³/mol. The number of Topliss-reactive ketones (excluding diaryl/α,β-unsaturated/α-hetero) is 1. The molecule has 0 aliphatic carbocycles. The van der Waals surface area contributed by atoms with E-state index in [4.69, 9.17) is 9.15 Å². The number of carbonyl (C=O) groups excluding carboxylic acids is 1. The smallest absolute Gasteiger partial charge is 0.336 e. The highest BCUT2D eigenvalue weighted by Gasteiger charge is 2.35. The molecule has 1 atom stereocenters. The zero-order valence-electron chi connectivity index (χ0n) is 14.7. The molecule has 0 unspecified atom stereocenters. The Morgan fingerprint density at radius 2 is 2.07 bits per heavy atom. The van der Waals surface area contributed by atoms with Crippen molar-refractivity contribution in [2.24, 2.45) is 0 Å². The molecule has 1 aromatic carbocycles. The second-order valence-corrected chi connectivity index (χ2v) is 9.24. The number of benzene rings is 1. The largest absolute Gasteiger partial charge is 0.423 e. The zero-order valence-corrected chi connectivity index (χ0v) is 16.4. The Morgan fingerprint density at radius 1 is 1.21 bits per heavy atom. The van der Waals surface area contributed by atoms with Gasteiger partial charge in [0.05, 0.1) is 29.0 Å². The van der Waals surface area contributed by atoms with Gasteiger partial charge in [0.2, 0.25) is 10.0 Å². The number of ether oxygens (including phenoxy) is 1. The number of hydrogen-bond donors (Lipinski definition) is 0. The highest BCUT2D eigenvalue weighted by atomic mass is 32.2. The van der Waals surface area contributed by atoms with E-state index in [1.807, 2.05) is 5.38 Å². The third-order valence-electron chi connectivity index (χ3n) is 4.59. The van der Waals surface area contributed by atoms with E-state index in [1.54, 1.807) is 12.1 Å². The predicted octanol–water partition coefficient (Wildman–Crippen LogP) is 2.52. The number of hydrogen-bond acceptors (Lipinski definition) is 7. The van der Waals surface area contributed by atoms with Gasteiger partial charge >= 0.3 is 5.63 Å². The number of thiophene rings is 1. The van der Waals surface area contributed by atoms with Gasteiger partial charge in [-0.15, -0.1) is 11.3 Å². The van der Waals surface area contributed by atoms with Crippen molar-refractivity contribution in [1.29, 1.82) is 0 Å². The zero-order chi connectivity index (χ0) is 19.7. The number of ketones is 1. The number of sulfonamides is 1. The molecule has 4 rings (SSSR count). The molecule has 9 heteroatoms. The lowest BCUT2D eigenvalue weighted by Gasteiger charge is -2.34. The van der Waals surface area contributed by atoms with Gasteiger partial charge in [-0.25, -0.2) is 13.2 Å². The van der Waals surface area contributed by atoms with Gasteiger partial charge in [0, 0.05) is 24.4 Å². The highest BCUT2D eigenvalue weighted by molar-refractivity contribution is 7.89. The Bertz CT molecular complexity index is 1170. The lowest BCUT2D eigenvalue weighted by Crippen LogP contribution is -2.49. The molecule has 28 heavy (non-hydrogen) atoms. The van der Waals surface area contributed by atoms with Gasteiger partial charge in [-0.3, -0.25) is 4.79 Å². The van der Waals surface area contributed by atoms with Crippen LogP contribution in [0.2, 0.25) is 0 Å². The topological polar surface area (TPSA) is 93.9 Å². The fourth-order valence-electron chi connectivity index (χ4n) is 3.21. The van der Waals surface area contributed by atoms with Gasteiger partial charge in [0.1, 0.15) is 5.58 Å². The summed E-state index contributed by atoms with van der Waals surface area (Å²) in [7, 11) is -3.84. The molecule has 1 aliphatic rings. The van der Waals surface area contributed by atoms with Crippen LogP contribution in [0.1, 0.15) is 16.1 Å². The summed E-state index contributed by atoms with van der Waals surface area (Å²) >= 11 is 1.33. The van der Waals surface area contributed by atoms with Crippen LogP contribution in [0, 0.1) is 0 Å². The molecule has 0 amide bonds. The molecule has 0 N–H and O–H groups in total. The van der Waals surface area contributed by atoms with E-state index < -0.39 is 21.7 Å². The molecule has 1 aliphatic heterocycles. The van der Waals surface area contributed by atoms with Gasteiger partial charge in [0.25, 0.3) is 0 Å². The third kappa shape index (κ3) is 3.66. The van der Waals surface area contributed by atoms with Crippen LogP contribution in [-0.4, -0.2) is 44.3 Å². The summed E-state index contributed by atoms with van der Waals surface area (Å²) in [4.78, 5) is 24.5. The molecule has 3 heterocycles. The van der Waals surface area contributed by atoms with Gasteiger partial charge < -0.3 is 9.15 Å². The molecule has 0 saturated carbocycles. The number of nitrogens with zero attached hydrogens (tertiary/aromatic N) is 1. The van der Waals surface area contributed by atoms with Gasteiger partial charge in [-0.2, -0.15) is 4.31 Å². The van der Waals surface area contributed by atoms with Crippen molar-refractivity contribution in [3.63, 3.8) is 0 Å². The van der Waals surface area contributed by atoms with Crippen LogP contribution < -0.4 is 5.63 Å². The molecule has 3 aromatic rings. The number of carbonyl (C=O) groups is 1. The van der Waals surface area contributed by atoms with Gasteiger partial charge in [-0.05, 0) is 35.7 Å². The average molecular weight is 419 g/mol. The van der Waals surface area contributed by atoms with Crippen LogP contribution >= 0.6 is 11.3 Å². The SMILES string of the molecule is O=C(C[C@H]1COCCN1S(=O)(=O)c1ccc2oc(=O)ccc2c1)c1cccs1. The first-order chi connectivity index (χ1) is 13.4. The van der Waals surface area contributed by atoms with E-state index in [0.29, 0.717) is 15.8 Å². The molecular formula is C19H17NO6S2. The summed E-state index contributed by atoms with van der Waals surface area (Å²) in [5.41, 5.74) is -0.179. The Hall–Kier alpha value is -2.33. The molecule has 1 fully saturated rings. The van der Waals surface area contributed by atoms with E-state index in [2.05, 4.69) is 0 Å². The van der Waals surface area contributed by atoms with Crippen molar-refractivity contribution in [2.45, 2.75) is 17.4 Å². The minimum Gasteiger partial charge on any atom is -0.423 e. The van der Waals surface area contributed by atoms with Crippen molar-refractivity contribution < 1.29 is 22.4 Å². The van der Waals surface area contributed by atoms with E-state index in [-0.39, 0.29) is 36.9 Å². The monoisotopic (exact) mass is 419 g/mol. The Morgan fingerprint density at radius 3 is 2.86 bits per heavy atom. The van der Waals surface area contributed by atoms with E-state index in [9.17, 15) is 18.0 Å². The van der Waals surface area contributed by atoms with Crippen LogP contribution in [0.15, 0.2) is 62.0 Å². The van der Waals surface area contributed by atoms with Crippen molar-refractivity contribution in [2.75, 3.05) is 19.8 Å². The fourth-order valence-corrected chi connectivity index (χ4v) is 5.52. The molecular weight excluding hydrogens is 402 g/mol. The molecule has 146 valence electrons. The maximum Gasteiger partial charge on any atom is 0.336 e. The summed E-state index contributed by atoms with van der Waals surface area (Å²) in [6.07, 6.45) is 0.0577. The van der Waals surface area contributed by atoms with Crippen LogP contribution in [0.4, 0.5) is 0 Å². The standard InChI is InChI=1S/C19H17NO6S2/c21-16(18-2-1-9-27-18)11-14-12-25-8-7-20(14)28(23,24)15-4-5-17-13(10-15)3-6-19(22)26-17/h1-6,9-10,14H,7-8,11-12H2/t14-/m0/s1. The van der Waals surface area contributed by atoms with Crippen molar-refractivity contribution in [1.82, 2.24) is 4.31 Å². The summed E-state index contributed by atoms with van der Waals surface area (Å²) in [6, 6.07) is 10.1. The Kier molecular flexibility index (Phi) is 5.15. The molecule has 0 bridgehead atoms. The number of fused-ring (bicyclic) bond motifs is 1. The third-order valence-corrected chi connectivity index (χ3v) is 7.45. The molecule has 0 radical (unpaired) electrons. The number of morpholine rings is 1. The second-order valence-electron chi connectivity index (χ2n) is 6.40. The second kappa shape index (κ2) is 7.59.